The number of amides is 1. The van der Waals surface area contributed by atoms with Crippen LogP contribution in [0.4, 0.5) is 5.82 Å². The molecule has 0 aliphatic rings. The van der Waals surface area contributed by atoms with E-state index in [1.54, 1.807) is 6.92 Å². The lowest BCUT2D eigenvalue weighted by Gasteiger charge is -2.02. The van der Waals surface area contributed by atoms with E-state index in [4.69, 9.17) is 15.5 Å². The van der Waals surface area contributed by atoms with E-state index in [0.717, 1.165) is 0 Å². The summed E-state index contributed by atoms with van der Waals surface area (Å²) in [5, 5.41) is 23.6. The first-order valence-electron chi connectivity index (χ1n) is 4.87. The number of oxime groups is 1. The van der Waals surface area contributed by atoms with Crippen LogP contribution in [-0.4, -0.2) is 32.3 Å². The summed E-state index contributed by atoms with van der Waals surface area (Å²) in [6, 6.07) is 1.48. The number of nitrogens with one attached hydrogen (secondary N) is 2. The van der Waals surface area contributed by atoms with Gasteiger partial charge < -0.3 is 20.8 Å². The maximum Gasteiger partial charge on any atom is 0.279 e. The summed E-state index contributed by atoms with van der Waals surface area (Å²) in [6.07, 6.45) is 1.32. The van der Waals surface area contributed by atoms with Gasteiger partial charge >= 0.3 is 0 Å². The zero-order chi connectivity index (χ0) is 13.1. The highest BCUT2D eigenvalue weighted by molar-refractivity contribution is 6.08. The van der Waals surface area contributed by atoms with Gasteiger partial charge in [-0.1, -0.05) is 10.3 Å². The number of hydrogen-bond donors (Lipinski definition) is 4. The molecule has 9 heteroatoms. The number of carbonyl (C=O) groups excluding carboxylic acids is 1. The lowest BCUT2D eigenvalue weighted by atomic mass is 10.3. The predicted octanol–water partition coefficient (Wildman–Crippen LogP) is 0.0529. The zero-order valence-electron chi connectivity index (χ0n) is 9.34. The molecule has 94 valence electrons. The minimum absolute atomic E-state index is 0.118. The summed E-state index contributed by atoms with van der Waals surface area (Å²) < 4.78 is 4.78. The third-order valence-corrected chi connectivity index (χ3v) is 2.12. The highest BCUT2D eigenvalue weighted by Gasteiger charge is 2.16. The molecule has 0 bridgehead atoms. The van der Waals surface area contributed by atoms with Gasteiger partial charge in [-0.15, -0.1) is 0 Å². The number of nitrogens with two attached hydrogens (primary N) is 1. The molecule has 0 radical (unpaired) electrons. The Labute approximate surface area is 101 Å². The number of H-pyrrole nitrogens is 1. The standard InChI is InChI=1S/C9H10N6O3/c1-4-2-6(15-18-4)9(16)12-8-5(3-11-13-8)7(10)14-17/h2-3,17H,1H3,(H2,10,14)(H2,11,12,13,16). The molecule has 0 spiro atoms. The normalized spacial score (nSPS) is 11.5. The molecule has 0 aliphatic heterocycles. The third-order valence-electron chi connectivity index (χ3n) is 2.12. The SMILES string of the molecule is Cc1cc(C(=O)Nc2[nH]ncc2C(N)=NO)no1. The van der Waals surface area contributed by atoms with E-state index in [0.29, 0.717) is 5.76 Å². The van der Waals surface area contributed by atoms with Gasteiger partial charge in [0, 0.05) is 6.07 Å². The summed E-state index contributed by atoms with van der Waals surface area (Å²) in [4.78, 5) is 11.8. The molecule has 2 rings (SSSR count). The van der Waals surface area contributed by atoms with E-state index >= 15 is 0 Å². The van der Waals surface area contributed by atoms with Crippen LogP contribution < -0.4 is 11.1 Å². The van der Waals surface area contributed by atoms with E-state index < -0.39 is 5.91 Å². The first-order valence-corrected chi connectivity index (χ1v) is 4.87. The maximum atomic E-state index is 11.8. The number of amidine groups is 1. The number of aromatic amines is 1. The lowest BCUT2D eigenvalue weighted by molar-refractivity contribution is 0.101. The minimum atomic E-state index is -0.497. The predicted molar refractivity (Wildman–Crippen MR) is 60.3 cm³/mol. The maximum absolute atomic E-state index is 11.8. The monoisotopic (exact) mass is 250 g/mol. The second-order valence-corrected chi connectivity index (χ2v) is 3.42. The number of hydrogen-bond acceptors (Lipinski definition) is 6. The smallest absolute Gasteiger partial charge is 0.279 e. The summed E-state index contributed by atoms with van der Waals surface area (Å²) in [5.41, 5.74) is 5.80. The Bertz CT molecular complexity index is 599. The molecule has 0 saturated heterocycles. The van der Waals surface area contributed by atoms with Crippen molar-refractivity contribution in [3.63, 3.8) is 0 Å². The van der Waals surface area contributed by atoms with Gasteiger partial charge in [0.25, 0.3) is 5.91 Å². The zero-order valence-corrected chi connectivity index (χ0v) is 9.34. The van der Waals surface area contributed by atoms with Crippen molar-refractivity contribution in [1.82, 2.24) is 15.4 Å². The molecule has 0 aromatic carbocycles. The first kappa shape index (κ1) is 11.6. The fourth-order valence-electron chi connectivity index (χ4n) is 1.28. The number of nitrogens with zero attached hydrogens (tertiary/aromatic N) is 3. The second-order valence-electron chi connectivity index (χ2n) is 3.42. The first-order chi connectivity index (χ1) is 8.61. The molecular formula is C9H10N6O3. The van der Waals surface area contributed by atoms with Crippen molar-refractivity contribution in [1.29, 1.82) is 0 Å². The largest absolute Gasteiger partial charge is 0.409 e. The van der Waals surface area contributed by atoms with Crippen LogP contribution in [0.3, 0.4) is 0 Å². The van der Waals surface area contributed by atoms with Crippen LogP contribution in [0.15, 0.2) is 21.9 Å². The quantitative estimate of drug-likeness (QED) is 0.262. The van der Waals surface area contributed by atoms with Crippen molar-refractivity contribution in [2.75, 3.05) is 5.32 Å². The molecule has 18 heavy (non-hydrogen) atoms. The summed E-state index contributed by atoms with van der Waals surface area (Å²) in [5.74, 6) is 0.0517. The molecule has 9 nitrogen and oxygen atoms in total. The minimum Gasteiger partial charge on any atom is -0.409 e. The molecule has 0 atom stereocenters. The highest BCUT2D eigenvalue weighted by Crippen LogP contribution is 2.12. The Hall–Kier alpha value is -2.84. The summed E-state index contributed by atoms with van der Waals surface area (Å²) >= 11 is 0. The molecule has 0 saturated carbocycles. The number of aryl methyl sites for hydroxylation is 1. The molecule has 2 aromatic rings. The van der Waals surface area contributed by atoms with Crippen molar-refractivity contribution in [3.05, 3.63) is 29.3 Å². The van der Waals surface area contributed by atoms with Gasteiger partial charge in [0.1, 0.15) is 11.6 Å². The fraction of sp³-hybridized carbons (Fsp3) is 0.111. The third kappa shape index (κ3) is 2.14. The van der Waals surface area contributed by atoms with Crippen molar-refractivity contribution < 1.29 is 14.5 Å². The van der Waals surface area contributed by atoms with Crippen LogP contribution in [-0.2, 0) is 0 Å². The summed E-state index contributed by atoms with van der Waals surface area (Å²) in [7, 11) is 0. The number of anilines is 1. The van der Waals surface area contributed by atoms with Crippen molar-refractivity contribution in [3.8, 4) is 0 Å². The Morgan fingerprint density at radius 3 is 3.06 bits per heavy atom. The Morgan fingerprint density at radius 1 is 1.67 bits per heavy atom. The molecule has 2 heterocycles. The van der Waals surface area contributed by atoms with E-state index in [2.05, 4.69) is 25.8 Å². The van der Waals surface area contributed by atoms with Crippen LogP contribution >= 0.6 is 0 Å². The van der Waals surface area contributed by atoms with E-state index in [-0.39, 0.29) is 22.9 Å². The fourth-order valence-corrected chi connectivity index (χ4v) is 1.28. The Kier molecular flexibility index (Phi) is 2.96. The second kappa shape index (κ2) is 4.57. The Balaban J connectivity index is 2.20. The average Bonchev–Trinajstić information content (AvgIpc) is 2.97. The molecule has 2 aromatic heterocycles. The number of rotatable bonds is 3. The van der Waals surface area contributed by atoms with Crippen LogP contribution in [0.1, 0.15) is 21.8 Å². The van der Waals surface area contributed by atoms with Crippen molar-refractivity contribution >= 4 is 17.6 Å². The van der Waals surface area contributed by atoms with Crippen LogP contribution in [0.2, 0.25) is 0 Å². The Morgan fingerprint density at radius 2 is 2.44 bits per heavy atom. The van der Waals surface area contributed by atoms with E-state index in [1.807, 2.05) is 0 Å². The molecular weight excluding hydrogens is 240 g/mol. The van der Waals surface area contributed by atoms with E-state index in [9.17, 15) is 4.79 Å². The van der Waals surface area contributed by atoms with Gasteiger partial charge in [-0.3, -0.25) is 9.89 Å². The number of aromatic nitrogens is 3. The van der Waals surface area contributed by atoms with Crippen molar-refractivity contribution in [2.45, 2.75) is 6.92 Å². The van der Waals surface area contributed by atoms with Crippen LogP contribution in [0, 0.1) is 6.92 Å². The average molecular weight is 250 g/mol. The molecule has 5 N–H and O–H groups in total. The number of carbonyl (C=O) groups is 1. The van der Waals surface area contributed by atoms with Crippen LogP contribution in [0.5, 0.6) is 0 Å². The summed E-state index contributed by atoms with van der Waals surface area (Å²) in [6.45, 7) is 1.67. The van der Waals surface area contributed by atoms with Crippen molar-refractivity contribution in [2.24, 2.45) is 10.9 Å². The molecule has 0 unspecified atom stereocenters. The van der Waals surface area contributed by atoms with Gasteiger partial charge in [-0.25, -0.2) is 0 Å². The molecule has 0 aliphatic carbocycles. The van der Waals surface area contributed by atoms with E-state index in [1.165, 1.54) is 12.3 Å². The molecule has 0 fully saturated rings. The van der Waals surface area contributed by atoms with Gasteiger partial charge in [-0.2, -0.15) is 5.10 Å². The van der Waals surface area contributed by atoms with Gasteiger partial charge in [-0.05, 0) is 6.92 Å². The van der Waals surface area contributed by atoms with Gasteiger partial charge in [0.05, 0.1) is 11.8 Å². The van der Waals surface area contributed by atoms with Gasteiger partial charge in [0.15, 0.2) is 11.5 Å². The molecule has 1 amide bonds. The highest BCUT2D eigenvalue weighted by atomic mass is 16.5. The van der Waals surface area contributed by atoms with Crippen LogP contribution in [0.25, 0.3) is 0 Å². The van der Waals surface area contributed by atoms with Gasteiger partial charge in [0.2, 0.25) is 0 Å². The lowest BCUT2D eigenvalue weighted by Crippen LogP contribution is -2.18. The topological polar surface area (TPSA) is 142 Å².